The van der Waals surface area contributed by atoms with Crippen molar-refractivity contribution in [2.75, 3.05) is 31.6 Å². The zero-order valence-electron chi connectivity index (χ0n) is 16.7. The molecule has 0 radical (unpaired) electrons. The van der Waals surface area contributed by atoms with Crippen LogP contribution in [0.5, 0.6) is 5.75 Å². The maximum Gasteiger partial charge on any atom is 0.224 e. The van der Waals surface area contributed by atoms with Crippen LogP contribution in [0.25, 0.3) is 10.9 Å². The van der Waals surface area contributed by atoms with E-state index in [9.17, 15) is 4.79 Å². The number of H-pyrrole nitrogens is 1. The molecule has 0 aliphatic heterocycles. The largest absolute Gasteiger partial charge is 0.492 e. The van der Waals surface area contributed by atoms with Crippen LogP contribution in [0.4, 0.5) is 5.69 Å². The summed E-state index contributed by atoms with van der Waals surface area (Å²) < 4.78 is 5.78. The minimum absolute atomic E-state index is 0.0143. The molecule has 5 nitrogen and oxygen atoms in total. The number of ether oxygens (including phenoxy) is 1. The highest BCUT2D eigenvalue weighted by atomic mass is 16.5. The van der Waals surface area contributed by atoms with Crippen molar-refractivity contribution < 1.29 is 9.53 Å². The van der Waals surface area contributed by atoms with E-state index in [4.69, 9.17) is 4.74 Å². The Morgan fingerprint density at radius 1 is 1.07 bits per heavy atom. The second-order valence-electron chi connectivity index (χ2n) is 6.81. The minimum atomic E-state index is 0.0143. The first-order valence-electron chi connectivity index (χ1n) is 9.99. The molecule has 0 fully saturated rings. The Balaban J connectivity index is 1.45. The molecule has 2 N–H and O–H groups in total. The zero-order chi connectivity index (χ0) is 19.8. The molecule has 1 aromatic heterocycles. The molecule has 1 heterocycles. The summed E-state index contributed by atoms with van der Waals surface area (Å²) in [7, 11) is 0. The van der Waals surface area contributed by atoms with Crippen molar-refractivity contribution in [3.8, 4) is 5.75 Å². The lowest BCUT2D eigenvalue weighted by molar-refractivity contribution is -0.116. The minimum Gasteiger partial charge on any atom is -0.492 e. The molecule has 0 spiro atoms. The molecule has 148 valence electrons. The topological polar surface area (TPSA) is 57.4 Å². The Bertz CT molecular complexity index is 882. The Kier molecular flexibility index (Phi) is 7.09. The average Bonchev–Trinajstić information content (AvgIpc) is 3.14. The van der Waals surface area contributed by atoms with Crippen LogP contribution in [0.3, 0.4) is 0 Å². The highest BCUT2D eigenvalue weighted by molar-refractivity contribution is 5.91. The number of aromatic nitrogens is 1. The fraction of sp³-hybridized carbons (Fsp3) is 0.348. The zero-order valence-corrected chi connectivity index (χ0v) is 16.7. The molecule has 0 unspecified atom stereocenters. The molecule has 0 bridgehead atoms. The number of amides is 1. The third-order valence-electron chi connectivity index (χ3n) is 5.01. The highest BCUT2D eigenvalue weighted by Crippen LogP contribution is 2.20. The van der Waals surface area contributed by atoms with Gasteiger partial charge in [0, 0.05) is 35.8 Å². The molecule has 0 saturated heterocycles. The maximum absolute atomic E-state index is 12.3. The summed E-state index contributed by atoms with van der Waals surface area (Å²) in [6, 6.07) is 15.7. The first kappa shape index (κ1) is 20.0. The number of aromatic amines is 1. The van der Waals surface area contributed by atoms with Crippen molar-refractivity contribution in [3.63, 3.8) is 0 Å². The summed E-state index contributed by atoms with van der Waals surface area (Å²) in [5, 5.41) is 4.14. The van der Waals surface area contributed by atoms with Crippen molar-refractivity contribution in [3.05, 3.63) is 60.3 Å². The predicted octanol–water partition coefficient (Wildman–Crippen LogP) is 4.46. The van der Waals surface area contributed by atoms with Gasteiger partial charge in [-0.25, -0.2) is 0 Å². The van der Waals surface area contributed by atoms with Gasteiger partial charge < -0.3 is 19.9 Å². The van der Waals surface area contributed by atoms with Gasteiger partial charge in [0.2, 0.25) is 5.91 Å². The summed E-state index contributed by atoms with van der Waals surface area (Å²) in [4.78, 5) is 17.9. The van der Waals surface area contributed by atoms with Gasteiger partial charge in [-0.2, -0.15) is 0 Å². The Hall–Kier alpha value is -2.79. The number of nitrogens with zero attached hydrogens (tertiary/aromatic N) is 1. The lowest BCUT2D eigenvalue weighted by Gasteiger charge is -2.18. The van der Waals surface area contributed by atoms with E-state index < -0.39 is 0 Å². The number of carbonyl (C=O) groups is 1. The van der Waals surface area contributed by atoms with Gasteiger partial charge in [-0.05, 0) is 55.4 Å². The van der Waals surface area contributed by atoms with Crippen LogP contribution in [0.15, 0.2) is 54.7 Å². The number of carbonyl (C=O) groups excluding carboxylic acids is 1. The van der Waals surface area contributed by atoms with Gasteiger partial charge in [-0.3, -0.25) is 4.79 Å². The molecular formula is C23H29N3O2. The van der Waals surface area contributed by atoms with Gasteiger partial charge in [-0.15, -0.1) is 0 Å². The van der Waals surface area contributed by atoms with Crippen LogP contribution in [-0.4, -0.2) is 42.0 Å². The number of benzene rings is 2. The van der Waals surface area contributed by atoms with Crippen LogP contribution in [-0.2, 0) is 11.2 Å². The fourth-order valence-corrected chi connectivity index (χ4v) is 3.28. The van der Waals surface area contributed by atoms with Gasteiger partial charge in [-0.1, -0.05) is 32.0 Å². The quantitative estimate of drug-likeness (QED) is 0.547. The molecule has 3 rings (SSSR count). The van der Waals surface area contributed by atoms with Gasteiger partial charge in [0.15, 0.2) is 0 Å². The molecule has 28 heavy (non-hydrogen) atoms. The highest BCUT2D eigenvalue weighted by Gasteiger charge is 2.07. The average molecular weight is 380 g/mol. The smallest absolute Gasteiger partial charge is 0.224 e. The second-order valence-corrected chi connectivity index (χ2v) is 6.81. The molecule has 2 aromatic carbocycles. The monoisotopic (exact) mass is 379 g/mol. The summed E-state index contributed by atoms with van der Waals surface area (Å²) in [6.45, 7) is 7.95. The third-order valence-corrected chi connectivity index (χ3v) is 5.01. The van der Waals surface area contributed by atoms with Crippen LogP contribution in [0, 0.1) is 0 Å². The molecule has 0 aliphatic rings. The van der Waals surface area contributed by atoms with E-state index >= 15 is 0 Å². The van der Waals surface area contributed by atoms with E-state index in [-0.39, 0.29) is 5.91 Å². The van der Waals surface area contributed by atoms with E-state index in [0.29, 0.717) is 19.4 Å². The summed E-state index contributed by atoms with van der Waals surface area (Å²) in [5.74, 6) is 0.837. The predicted molar refractivity (Wildman–Crippen MR) is 115 cm³/mol. The normalized spacial score (nSPS) is 11.1. The van der Waals surface area contributed by atoms with E-state index in [1.807, 2.05) is 48.7 Å². The molecule has 5 heteroatoms. The first-order chi connectivity index (χ1) is 13.7. The molecular weight excluding hydrogens is 350 g/mol. The number of rotatable bonds is 10. The lowest BCUT2D eigenvalue weighted by Crippen LogP contribution is -2.27. The second kappa shape index (κ2) is 9.95. The maximum atomic E-state index is 12.3. The van der Waals surface area contributed by atoms with Gasteiger partial charge in [0.25, 0.3) is 0 Å². The van der Waals surface area contributed by atoms with Gasteiger partial charge >= 0.3 is 0 Å². The standard InChI is InChI=1S/C23H29N3O2/c1-3-26(4-2)15-16-28-20-12-10-19(11-13-20)25-23(27)14-9-18-17-24-22-8-6-5-7-21(18)22/h5-8,10-13,17,24H,3-4,9,14-16H2,1-2H3,(H,25,27). The number of anilines is 1. The number of hydrogen-bond donors (Lipinski definition) is 2. The SMILES string of the molecule is CCN(CC)CCOc1ccc(NC(=O)CCc2c[nH]c3ccccc23)cc1. The van der Waals surface area contributed by atoms with Gasteiger partial charge in [0.05, 0.1) is 0 Å². The van der Waals surface area contributed by atoms with Crippen molar-refractivity contribution in [1.29, 1.82) is 0 Å². The number of nitrogens with one attached hydrogen (secondary N) is 2. The van der Waals surface area contributed by atoms with Crippen LogP contribution >= 0.6 is 0 Å². The summed E-state index contributed by atoms with van der Waals surface area (Å²) in [5.41, 5.74) is 3.07. The number of fused-ring (bicyclic) bond motifs is 1. The Morgan fingerprint density at radius 3 is 2.57 bits per heavy atom. The van der Waals surface area contributed by atoms with Crippen molar-refractivity contribution in [1.82, 2.24) is 9.88 Å². The van der Waals surface area contributed by atoms with E-state index in [2.05, 4.69) is 35.1 Å². The van der Waals surface area contributed by atoms with Crippen molar-refractivity contribution in [2.24, 2.45) is 0 Å². The number of likely N-dealkylation sites (N-methyl/N-ethyl adjacent to an activating group) is 1. The molecule has 3 aromatic rings. The number of hydrogen-bond acceptors (Lipinski definition) is 3. The lowest BCUT2D eigenvalue weighted by atomic mass is 10.1. The Morgan fingerprint density at radius 2 is 1.82 bits per heavy atom. The van der Waals surface area contributed by atoms with E-state index in [1.165, 1.54) is 10.9 Å². The molecule has 0 atom stereocenters. The van der Waals surface area contributed by atoms with Crippen LogP contribution in [0.2, 0.25) is 0 Å². The number of aryl methyl sites for hydroxylation is 1. The van der Waals surface area contributed by atoms with Crippen molar-refractivity contribution >= 4 is 22.5 Å². The van der Waals surface area contributed by atoms with E-state index in [0.717, 1.165) is 36.6 Å². The van der Waals surface area contributed by atoms with Gasteiger partial charge in [0.1, 0.15) is 12.4 Å². The van der Waals surface area contributed by atoms with E-state index in [1.54, 1.807) is 0 Å². The molecule has 0 saturated carbocycles. The van der Waals surface area contributed by atoms with Crippen LogP contribution < -0.4 is 10.1 Å². The first-order valence-corrected chi connectivity index (χ1v) is 9.99. The van der Waals surface area contributed by atoms with Crippen LogP contribution in [0.1, 0.15) is 25.8 Å². The number of para-hydroxylation sites is 1. The molecule has 0 aliphatic carbocycles. The summed E-state index contributed by atoms with van der Waals surface area (Å²) in [6.07, 6.45) is 3.15. The third kappa shape index (κ3) is 5.36. The fourth-order valence-electron chi connectivity index (χ4n) is 3.28. The summed E-state index contributed by atoms with van der Waals surface area (Å²) >= 11 is 0. The van der Waals surface area contributed by atoms with Crippen molar-refractivity contribution in [2.45, 2.75) is 26.7 Å². The molecule has 1 amide bonds. The Labute approximate surface area is 166 Å².